The second-order valence-corrected chi connectivity index (χ2v) is 8.75. The second kappa shape index (κ2) is 8.64. The number of halogens is 1. The van der Waals surface area contributed by atoms with Gasteiger partial charge in [0.1, 0.15) is 5.69 Å². The Morgan fingerprint density at radius 3 is 2.41 bits per heavy atom. The summed E-state index contributed by atoms with van der Waals surface area (Å²) in [6.07, 6.45) is 3.14. The normalized spacial score (nSPS) is 11.2. The summed E-state index contributed by atoms with van der Waals surface area (Å²) in [5.74, 6) is -1.13. The van der Waals surface area contributed by atoms with Crippen molar-refractivity contribution in [1.29, 1.82) is 0 Å². The molecule has 0 fully saturated rings. The van der Waals surface area contributed by atoms with Gasteiger partial charge in [0.15, 0.2) is 5.82 Å². The van der Waals surface area contributed by atoms with Crippen LogP contribution in [0.2, 0.25) is 0 Å². The van der Waals surface area contributed by atoms with E-state index in [0.717, 1.165) is 5.56 Å². The minimum absolute atomic E-state index is 0.0639. The van der Waals surface area contributed by atoms with Gasteiger partial charge in [0.05, 0.1) is 4.90 Å². The van der Waals surface area contributed by atoms with Gasteiger partial charge in [-0.05, 0) is 61.5 Å². The van der Waals surface area contributed by atoms with Crippen molar-refractivity contribution in [1.82, 2.24) is 9.78 Å². The van der Waals surface area contributed by atoms with Crippen molar-refractivity contribution in [2.45, 2.75) is 11.8 Å². The van der Waals surface area contributed by atoms with E-state index in [9.17, 15) is 17.6 Å². The van der Waals surface area contributed by atoms with Gasteiger partial charge in [-0.1, -0.05) is 23.8 Å². The van der Waals surface area contributed by atoms with E-state index in [-0.39, 0.29) is 21.8 Å². The molecule has 0 spiro atoms. The summed E-state index contributed by atoms with van der Waals surface area (Å²) >= 11 is 0. The van der Waals surface area contributed by atoms with Crippen LogP contribution >= 0.6 is 0 Å². The van der Waals surface area contributed by atoms with Crippen molar-refractivity contribution >= 4 is 27.3 Å². The molecule has 0 atom stereocenters. The highest BCUT2D eigenvalue weighted by molar-refractivity contribution is 7.92. The molecule has 9 heteroatoms. The third-order valence-corrected chi connectivity index (χ3v) is 6.05. The third-order valence-electron chi connectivity index (χ3n) is 4.67. The lowest BCUT2D eigenvalue weighted by Gasteiger charge is -2.11. The fourth-order valence-electron chi connectivity index (χ4n) is 3.03. The maximum Gasteiger partial charge on any atom is 0.261 e. The Morgan fingerprint density at radius 2 is 1.72 bits per heavy atom. The van der Waals surface area contributed by atoms with Gasteiger partial charge in [0.25, 0.3) is 15.9 Å². The summed E-state index contributed by atoms with van der Waals surface area (Å²) < 4.78 is 43.7. The first kappa shape index (κ1) is 21.3. The summed E-state index contributed by atoms with van der Waals surface area (Å²) in [4.78, 5) is 12.6. The molecule has 0 unspecified atom stereocenters. The average molecular weight is 450 g/mol. The first-order chi connectivity index (χ1) is 15.3. The van der Waals surface area contributed by atoms with Crippen molar-refractivity contribution < 1.29 is 17.6 Å². The monoisotopic (exact) mass is 450 g/mol. The van der Waals surface area contributed by atoms with Crippen LogP contribution in [-0.2, 0) is 10.0 Å². The Balaban J connectivity index is 1.52. The number of anilines is 2. The average Bonchev–Trinajstić information content (AvgIpc) is 3.30. The minimum Gasteiger partial charge on any atom is -0.322 e. The Hall–Kier alpha value is -3.98. The number of aromatic nitrogens is 2. The van der Waals surface area contributed by atoms with Crippen LogP contribution in [0, 0.1) is 12.7 Å². The van der Waals surface area contributed by atoms with Gasteiger partial charge < -0.3 is 5.32 Å². The zero-order valence-corrected chi connectivity index (χ0v) is 17.8. The summed E-state index contributed by atoms with van der Waals surface area (Å²) in [6.45, 7) is 1.90. The van der Waals surface area contributed by atoms with Gasteiger partial charge in [-0.2, -0.15) is 5.10 Å². The Bertz CT molecular complexity index is 1370. The van der Waals surface area contributed by atoms with Crippen LogP contribution in [0.1, 0.15) is 15.9 Å². The minimum atomic E-state index is -3.89. The van der Waals surface area contributed by atoms with Gasteiger partial charge in [0, 0.05) is 29.3 Å². The summed E-state index contributed by atoms with van der Waals surface area (Å²) in [5, 5.41) is 6.56. The van der Waals surface area contributed by atoms with E-state index in [2.05, 4.69) is 15.1 Å². The molecule has 0 bridgehead atoms. The number of nitrogens with one attached hydrogen (secondary N) is 2. The summed E-state index contributed by atoms with van der Waals surface area (Å²) in [6, 6.07) is 18.4. The van der Waals surface area contributed by atoms with E-state index in [4.69, 9.17) is 0 Å². The predicted molar refractivity (Wildman–Crippen MR) is 120 cm³/mol. The van der Waals surface area contributed by atoms with E-state index in [0.29, 0.717) is 5.69 Å². The van der Waals surface area contributed by atoms with Crippen LogP contribution in [0.4, 0.5) is 15.8 Å². The predicted octanol–water partition coefficient (Wildman–Crippen LogP) is 4.37. The molecule has 0 aliphatic rings. The van der Waals surface area contributed by atoms with E-state index in [1.807, 2.05) is 6.92 Å². The van der Waals surface area contributed by atoms with Gasteiger partial charge >= 0.3 is 0 Å². The molecule has 7 nitrogen and oxygen atoms in total. The van der Waals surface area contributed by atoms with Crippen LogP contribution < -0.4 is 10.0 Å². The van der Waals surface area contributed by atoms with E-state index in [1.165, 1.54) is 53.3 Å². The van der Waals surface area contributed by atoms with Crippen molar-refractivity contribution in [2.24, 2.45) is 0 Å². The maximum absolute atomic E-state index is 14.4. The topological polar surface area (TPSA) is 93.1 Å². The van der Waals surface area contributed by atoms with E-state index in [1.54, 1.807) is 36.5 Å². The molecule has 0 radical (unpaired) electrons. The van der Waals surface area contributed by atoms with Crippen LogP contribution in [-0.4, -0.2) is 24.1 Å². The van der Waals surface area contributed by atoms with Gasteiger partial charge in [-0.15, -0.1) is 0 Å². The summed E-state index contributed by atoms with van der Waals surface area (Å²) in [5.41, 5.74) is 2.00. The zero-order chi connectivity index (χ0) is 22.7. The lowest BCUT2D eigenvalue weighted by molar-refractivity contribution is 0.102. The molecule has 1 heterocycles. The van der Waals surface area contributed by atoms with Crippen LogP contribution in [0.5, 0.6) is 0 Å². The highest BCUT2D eigenvalue weighted by atomic mass is 32.2. The zero-order valence-electron chi connectivity index (χ0n) is 17.0. The van der Waals surface area contributed by atoms with Crippen molar-refractivity contribution in [3.8, 4) is 5.69 Å². The van der Waals surface area contributed by atoms with Crippen LogP contribution in [0.15, 0.2) is 90.1 Å². The number of aryl methyl sites for hydroxylation is 1. The number of nitrogens with zero attached hydrogens (tertiary/aromatic N) is 2. The molecule has 2 N–H and O–H groups in total. The smallest absolute Gasteiger partial charge is 0.261 e. The van der Waals surface area contributed by atoms with Crippen molar-refractivity contribution in [3.63, 3.8) is 0 Å². The number of carbonyl (C=O) groups is 1. The van der Waals surface area contributed by atoms with E-state index < -0.39 is 21.7 Å². The van der Waals surface area contributed by atoms with Crippen LogP contribution in [0.25, 0.3) is 5.69 Å². The second-order valence-electron chi connectivity index (χ2n) is 7.07. The Labute approximate surface area is 184 Å². The summed E-state index contributed by atoms with van der Waals surface area (Å²) in [7, 11) is -3.89. The molecular formula is C23H19FN4O3S. The molecule has 0 aliphatic heterocycles. The molecule has 0 saturated carbocycles. The number of hydrogen-bond donors (Lipinski definition) is 2. The number of sulfonamides is 1. The highest BCUT2D eigenvalue weighted by Gasteiger charge is 2.17. The molecule has 162 valence electrons. The lowest BCUT2D eigenvalue weighted by Crippen LogP contribution is -2.16. The number of benzene rings is 3. The Morgan fingerprint density at radius 1 is 0.969 bits per heavy atom. The third kappa shape index (κ3) is 4.68. The molecular weight excluding hydrogens is 431 g/mol. The number of carbonyl (C=O) groups excluding carboxylic acids is 1. The first-order valence-corrected chi connectivity index (χ1v) is 11.1. The lowest BCUT2D eigenvalue weighted by atomic mass is 10.2. The fraction of sp³-hybridized carbons (Fsp3) is 0.0435. The molecule has 1 aromatic heterocycles. The van der Waals surface area contributed by atoms with Crippen molar-refractivity contribution in [3.05, 3.63) is 102 Å². The molecule has 3 aromatic carbocycles. The Kier molecular flexibility index (Phi) is 5.74. The molecule has 32 heavy (non-hydrogen) atoms. The quantitative estimate of drug-likeness (QED) is 0.456. The number of amides is 1. The molecule has 0 aliphatic carbocycles. The molecule has 1 amide bonds. The fourth-order valence-corrected chi connectivity index (χ4v) is 4.13. The SMILES string of the molecule is Cc1ccc(NS(=O)(=O)c2cccc(C(=O)Nc3ccc(-n4cccn4)c(F)c3)c2)cc1. The standard InChI is InChI=1S/C23H19FN4O3S/c1-16-6-8-18(9-7-16)27-32(30,31)20-5-2-4-17(14-20)23(29)26-19-10-11-22(21(24)15-19)28-13-3-12-25-28/h2-15,27H,1H3,(H,26,29). The molecule has 4 aromatic rings. The number of hydrogen-bond acceptors (Lipinski definition) is 4. The number of rotatable bonds is 6. The van der Waals surface area contributed by atoms with Gasteiger partial charge in [-0.25, -0.2) is 17.5 Å². The molecule has 0 saturated heterocycles. The van der Waals surface area contributed by atoms with Gasteiger partial charge in [-0.3, -0.25) is 9.52 Å². The van der Waals surface area contributed by atoms with E-state index >= 15 is 0 Å². The van der Waals surface area contributed by atoms with Crippen molar-refractivity contribution in [2.75, 3.05) is 10.0 Å². The highest BCUT2D eigenvalue weighted by Crippen LogP contribution is 2.20. The first-order valence-electron chi connectivity index (χ1n) is 9.62. The van der Waals surface area contributed by atoms with Crippen LogP contribution in [0.3, 0.4) is 0 Å². The molecule has 4 rings (SSSR count). The largest absolute Gasteiger partial charge is 0.322 e. The van der Waals surface area contributed by atoms with Gasteiger partial charge in [0.2, 0.25) is 0 Å². The maximum atomic E-state index is 14.4.